The molecule has 7 heteroatoms. The molecule has 0 fully saturated rings. The Bertz CT molecular complexity index is 965. The van der Waals surface area contributed by atoms with E-state index in [2.05, 4.69) is 15.3 Å². The second-order valence-corrected chi connectivity index (χ2v) is 7.21. The molecule has 0 aliphatic carbocycles. The molecule has 5 nitrogen and oxygen atoms in total. The molecule has 0 spiro atoms. The second kappa shape index (κ2) is 8.88. The highest BCUT2D eigenvalue weighted by Crippen LogP contribution is 2.30. The summed E-state index contributed by atoms with van der Waals surface area (Å²) in [6, 6.07) is 13.1. The SMILES string of the molecule is Cc1ccc(NC(=O)CSc2nccnc2Oc2ccccc2C)cc1Cl. The first-order chi connectivity index (χ1) is 13.0. The summed E-state index contributed by atoms with van der Waals surface area (Å²) in [5.41, 5.74) is 2.61. The Morgan fingerprint density at radius 3 is 2.67 bits per heavy atom. The van der Waals surface area contributed by atoms with Crippen molar-refractivity contribution in [3.8, 4) is 11.6 Å². The molecule has 0 atom stereocenters. The zero-order valence-electron chi connectivity index (χ0n) is 14.9. The number of anilines is 1. The van der Waals surface area contributed by atoms with E-state index in [4.69, 9.17) is 16.3 Å². The summed E-state index contributed by atoms with van der Waals surface area (Å²) in [7, 11) is 0. The molecular formula is C20H18ClN3O2S. The predicted molar refractivity (Wildman–Crippen MR) is 109 cm³/mol. The summed E-state index contributed by atoms with van der Waals surface area (Å²) >= 11 is 7.35. The van der Waals surface area contributed by atoms with E-state index >= 15 is 0 Å². The Kier molecular flexibility index (Phi) is 6.32. The van der Waals surface area contributed by atoms with Crippen LogP contribution in [0.2, 0.25) is 5.02 Å². The van der Waals surface area contributed by atoms with Crippen LogP contribution in [0.4, 0.5) is 5.69 Å². The number of thioether (sulfide) groups is 1. The Labute approximate surface area is 167 Å². The van der Waals surface area contributed by atoms with Crippen LogP contribution in [0.1, 0.15) is 11.1 Å². The summed E-state index contributed by atoms with van der Waals surface area (Å²) in [5.74, 6) is 1.10. The summed E-state index contributed by atoms with van der Waals surface area (Å²) in [6.45, 7) is 3.87. The van der Waals surface area contributed by atoms with E-state index in [1.807, 2.05) is 50.2 Å². The van der Waals surface area contributed by atoms with E-state index in [0.29, 0.717) is 27.4 Å². The number of aryl methyl sites for hydroxylation is 2. The Morgan fingerprint density at radius 2 is 1.89 bits per heavy atom. The molecule has 3 rings (SSSR count). The number of halogens is 1. The Hall–Kier alpha value is -2.57. The van der Waals surface area contributed by atoms with Gasteiger partial charge >= 0.3 is 0 Å². The van der Waals surface area contributed by atoms with Gasteiger partial charge in [0.1, 0.15) is 5.75 Å². The molecule has 1 aromatic heterocycles. The number of rotatable bonds is 6. The first-order valence-corrected chi connectivity index (χ1v) is 9.62. The molecule has 2 aromatic carbocycles. The largest absolute Gasteiger partial charge is 0.436 e. The fourth-order valence-electron chi connectivity index (χ4n) is 2.26. The van der Waals surface area contributed by atoms with E-state index in [9.17, 15) is 4.79 Å². The predicted octanol–water partition coefficient (Wildman–Crippen LogP) is 5.27. The average Bonchev–Trinajstić information content (AvgIpc) is 2.66. The molecule has 0 bridgehead atoms. The van der Waals surface area contributed by atoms with E-state index in [1.54, 1.807) is 18.5 Å². The number of aromatic nitrogens is 2. The molecule has 1 heterocycles. The molecule has 0 aliphatic rings. The molecular weight excluding hydrogens is 382 g/mol. The van der Waals surface area contributed by atoms with Crippen LogP contribution in [0.15, 0.2) is 59.9 Å². The molecule has 1 amide bonds. The van der Waals surface area contributed by atoms with Crippen LogP contribution in [0.25, 0.3) is 0 Å². The number of para-hydroxylation sites is 1. The van der Waals surface area contributed by atoms with Crippen molar-refractivity contribution < 1.29 is 9.53 Å². The minimum atomic E-state index is -0.160. The van der Waals surface area contributed by atoms with Gasteiger partial charge in [-0.05, 0) is 43.2 Å². The minimum absolute atomic E-state index is 0.160. The fraction of sp³-hybridized carbons (Fsp3) is 0.150. The molecule has 0 saturated heterocycles. The summed E-state index contributed by atoms with van der Waals surface area (Å²) < 4.78 is 5.88. The normalized spacial score (nSPS) is 10.5. The van der Waals surface area contributed by atoms with E-state index in [0.717, 1.165) is 11.1 Å². The number of ether oxygens (including phenoxy) is 1. The maximum Gasteiger partial charge on any atom is 0.252 e. The van der Waals surface area contributed by atoms with E-state index < -0.39 is 0 Å². The molecule has 1 N–H and O–H groups in total. The lowest BCUT2D eigenvalue weighted by molar-refractivity contribution is -0.113. The maximum atomic E-state index is 12.2. The topological polar surface area (TPSA) is 64.1 Å². The van der Waals surface area contributed by atoms with Gasteiger partial charge in [0.15, 0.2) is 5.03 Å². The zero-order chi connectivity index (χ0) is 19.2. The van der Waals surface area contributed by atoms with Crippen LogP contribution in [0.5, 0.6) is 11.6 Å². The molecule has 0 saturated carbocycles. The van der Waals surface area contributed by atoms with Crippen LogP contribution in [0, 0.1) is 13.8 Å². The number of amides is 1. The van der Waals surface area contributed by atoms with E-state index in [1.165, 1.54) is 11.8 Å². The quantitative estimate of drug-likeness (QED) is 0.572. The monoisotopic (exact) mass is 399 g/mol. The Balaban J connectivity index is 1.65. The molecule has 27 heavy (non-hydrogen) atoms. The lowest BCUT2D eigenvalue weighted by Crippen LogP contribution is -2.14. The van der Waals surface area contributed by atoms with Gasteiger partial charge in [0.2, 0.25) is 5.91 Å². The number of hydrogen-bond acceptors (Lipinski definition) is 5. The third-order valence-corrected chi connectivity index (χ3v) is 5.10. The molecule has 0 unspecified atom stereocenters. The zero-order valence-corrected chi connectivity index (χ0v) is 16.5. The van der Waals surface area contributed by atoms with Gasteiger partial charge in [0, 0.05) is 23.1 Å². The van der Waals surface area contributed by atoms with Crippen LogP contribution < -0.4 is 10.1 Å². The van der Waals surface area contributed by atoms with Gasteiger partial charge in [0.25, 0.3) is 5.88 Å². The van der Waals surface area contributed by atoms with Crippen molar-refractivity contribution in [2.45, 2.75) is 18.9 Å². The van der Waals surface area contributed by atoms with Crippen molar-refractivity contribution in [2.75, 3.05) is 11.1 Å². The first-order valence-electron chi connectivity index (χ1n) is 8.26. The molecule has 3 aromatic rings. The first kappa shape index (κ1) is 19.2. The third kappa shape index (κ3) is 5.21. The summed E-state index contributed by atoms with van der Waals surface area (Å²) in [4.78, 5) is 20.8. The minimum Gasteiger partial charge on any atom is -0.436 e. The number of carbonyl (C=O) groups is 1. The second-order valence-electron chi connectivity index (χ2n) is 5.84. The lowest BCUT2D eigenvalue weighted by Gasteiger charge is -2.10. The van der Waals surface area contributed by atoms with E-state index in [-0.39, 0.29) is 11.7 Å². The highest BCUT2D eigenvalue weighted by Gasteiger charge is 2.12. The van der Waals surface area contributed by atoms with Gasteiger partial charge in [0.05, 0.1) is 5.75 Å². The lowest BCUT2D eigenvalue weighted by atomic mass is 10.2. The Morgan fingerprint density at radius 1 is 1.11 bits per heavy atom. The smallest absolute Gasteiger partial charge is 0.252 e. The maximum absolute atomic E-state index is 12.2. The van der Waals surface area contributed by atoms with Crippen molar-refractivity contribution in [2.24, 2.45) is 0 Å². The van der Waals surface area contributed by atoms with Gasteiger partial charge in [-0.25, -0.2) is 9.97 Å². The number of benzene rings is 2. The number of nitrogens with zero attached hydrogens (tertiary/aromatic N) is 2. The highest BCUT2D eigenvalue weighted by molar-refractivity contribution is 8.00. The van der Waals surface area contributed by atoms with Gasteiger partial charge in [-0.3, -0.25) is 4.79 Å². The average molecular weight is 400 g/mol. The van der Waals surface area contributed by atoms with Crippen molar-refractivity contribution in [3.05, 3.63) is 71.0 Å². The molecule has 0 radical (unpaired) electrons. The van der Waals surface area contributed by atoms with Gasteiger partial charge in [-0.2, -0.15) is 0 Å². The van der Waals surface area contributed by atoms with Crippen LogP contribution >= 0.6 is 23.4 Å². The third-order valence-electron chi connectivity index (χ3n) is 3.73. The van der Waals surface area contributed by atoms with Crippen LogP contribution in [-0.2, 0) is 4.79 Å². The fourth-order valence-corrected chi connectivity index (χ4v) is 3.13. The van der Waals surface area contributed by atoms with Crippen LogP contribution in [-0.4, -0.2) is 21.6 Å². The highest BCUT2D eigenvalue weighted by atomic mass is 35.5. The summed E-state index contributed by atoms with van der Waals surface area (Å²) in [5, 5.41) is 3.99. The molecule has 138 valence electrons. The number of carbonyl (C=O) groups excluding carboxylic acids is 1. The van der Waals surface area contributed by atoms with Crippen molar-refractivity contribution in [3.63, 3.8) is 0 Å². The van der Waals surface area contributed by atoms with Crippen molar-refractivity contribution in [1.29, 1.82) is 0 Å². The standard InChI is InChI=1S/C20H18ClN3O2S/c1-13-7-8-15(11-16(13)21)24-18(25)12-27-20-19(22-9-10-23-20)26-17-6-4-3-5-14(17)2/h3-11H,12H2,1-2H3,(H,24,25). The van der Waals surface area contributed by atoms with Crippen molar-refractivity contribution in [1.82, 2.24) is 9.97 Å². The molecule has 0 aliphatic heterocycles. The number of hydrogen-bond donors (Lipinski definition) is 1. The van der Waals surface area contributed by atoms with Gasteiger partial charge in [-0.15, -0.1) is 0 Å². The van der Waals surface area contributed by atoms with Crippen LogP contribution in [0.3, 0.4) is 0 Å². The van der Waals surface area contributed by atoms with Crippen molar-refractivity contribution >= 4 is 35.0 Å². The van der Waals surface area contributed by atoms with Gasteiger partial charge in [-0.1, -0.05) is 47.6 Å². The van der Waals surface area contributed by atoms with Gasteiger partial charge < -0.3 is 10.1 Å². The number of nitrogens with one attached hydrogen (secondary N) is 1. The summed E-state index contributed by atoms with van der Waals surface area (Å²) in [6.07, 6.45) is 3.14.